The molecular weight excluding hydrogens is 250 g/mol. The topological polar surface area (TPSA) is 39.1 Å². The number of aryl methyl sites for hydroxylation is 3. The first-order valence-corrected chi connectivity index (χ1v) is 6.80. The Morgan fingerprint density at radius 1 is 0.850 bits per heavy atom. The number of carbonyl (C=O) groups excluding carboxylic acids is 2. The molecule has 0 fully saturated rings. The van der Waals surface area contributed by atoms with Gasteiger partial charge in [-0.05, 0) is 56.9 Å². The van der Waals surface area contributed by atoms with Gasteiger partial charge < -0.3 is 4.57 Å². The molecule has 0 aliphatic heterocycles. The van der Waals surface area contributed by atoms with Crippen molar-refractivity contribution < 1.29 is 9.59 Å². The zero-order chi connectivity index (χ0) is 15.4. The molecule has 0 atom stereocenters. The third-order valence-corrected chi connectivity index (χ3v) is 4.65. The highest BCUT2D eigenvalue weighted by Crippen LogP contribution is 2.34. The van der Waals surface area contributed by atoms with E-state index < -0.39 is 5.78 Å². The fourth-order valence-electron chi connectivity index (χ4n) is 2.99. The summed E-state index contributed by atoms with van der Waals surface area (Å²) in [7, 11) is 1.95. The lowest BCUT2D eigenvalue weighted by atomic mass is 9.92. The summed E-state index contributed by atoms with van der Waals surface area (Å²) in [5, 5.41) is 0.936. The molecule has 0 amide bonds. The molecule has 2 aromatic rings. The number of aromatic nitrogens is 1. The fraction of sp³-hybridized carbons (Fsp3) is 0.412. The second-order valence-corrected chi connectivity index (χ2v) is 5.63. The first-order chi connectivity index (χ1) is 9.20. The van der Waals surface area contributed by atoms with Crippen molar-refractivity contribution in [1.82, 2.24) is 4.57 Å². The van der Waals surface area contributed by atoms with E-state index in [0.29, 0.717) is 5.56 Å². The third-order valence-electron chi connectivity index (χ3n) is 4.65. The van der Waals surface area contributed by atoms with Crippen molar-refractivity contribution in [2.75, 3.05) is 0 Å². The van der Waals surface area contributed by atoms with Crippen LogP contribution in [0.15, 0.2) is 0 Å². The smallest absolute Gasteiger partial charge is 0.230 e. The molecule has 1 aromatic heterocycles. The van der Waals surface area contributed by atoms with Crippen molar-refractivity contribution >= 4 is 22.5 Å². The Labute approximate surface area is 119 Å². The van der Waals surface area contributed by atoms with Crippen LogP contribution < -0.4 is 0 Å². The third kappa shape index (κ3) is 1.73. The summed E-state index contributed by atoms with van der Waals surface area (Å²) < 4.78 is 2.03. The minimum absolute atomic E-state index is 0.390. The van der Waals surface area contributed by atoms with Crippen molar-refractivity contribution in [3.63, 3.8) is 0 Å². The number of benzene rings is 1. The maximum Gasteiger partial charge on any atom is 0.230 e. The van der Waals surface area contributed by atoms with Gasteiger partial charge in [0.2, 0.25) is 5.78 Å². The molecule has 1 aromatic carbocycles. The molecule has 0 spiro atoms. The van der Waals surface area contributed by atoms with E-state index >= 15 is 0 Å². The summed E-state index contributed by atoms with van der Waals surface area (Å²) in [6.07, 6.45) is 0. The van der Waals surface area contributed by atoms with Gasteiger partial charge in [0.05, 0.1) is 11.1 Å². The lowest BCUT2D eigenvalue weighted by Crippen LogP contribution is -2.11. The van der Waals surface area contributed by atoms with E-state index in [1.807, 2.05) is 25.5 Å². The quantitative estimate of drug-likeness (QED) is 0.619. The monoisotopic (exact) mass is 271 g/mol. The van der Waals surface area contributed by atoms with Crippen molar-refractivity contribution in [1.29, 1.82) is 0 Å². The molecule has 0 bridgehead atoms. The summed E-state index contributed by atoms with van der Waals surface area (Å²) in [5.41, 5.74) is 7.20. The summed E-state index contributed by atoms with van der Waals surface area (Å²) in [5.74, 6) is -0.797. The summed E-state index contributed by atoms with van der Waals surface area (Å²) >= 11 is 0. The Morgan fingerprint density at radius 3 is 1.85 bits per heavy atom. The van der Waals surface area contributed by atoms with E-state index in [0.717, 1.165) is 22.2 Å². The molecule has 0 saturated heterocycles. The predicted octanol–water partition coefficient (Wildman–Crippen LogP) is 3.49. The first-order valence-electron chi connectivity index (χ1n) is 6.80. The fourth-order valence-corrected chi connectivity index (χ4v) is 2.99. The zero-order valence-electron chi connectivity index (χ0n) is 13.3. The molecule has 20 heavy (non-hydrogen) atoms. The van der Waals surface area contributed by atoms with Gasteiger partial charge in [-0.1, -0.05) is 0 Å². The second-order valence-electron chi connectivity index (χ2n) is 5.63. The molecular formula is C17H21NO2. The standard InChI is InChI=1S/C17H21NO2/c1-8-9(2)11(4)16-14(10(8)3)15(12(5)18(16)7)17(20)13(6)19/h1-7H3. The van der Waals surface area contributed by atoms with Crippen molar-refractivity contribution in [3.05, 3.63) is 33.5 Å². The van der Waals surface area contributed by atoms with Gasteiger partial charge in [-0.3, -0.25) is 9.59 Å². The number of nitrogens with zero attached hydrogens (tertiary/aromatic N) is 1. The van der Waals surface area contributed by atoms with Crippen LogP contribution in [0.4, 0.5) is 0 Å². The minimum atomic E-state index is -0.407. The molecule has 0 unspecified atom stereocenters. The van der Waals surface area contributed by atoms with Crippen LogP contribution in [0.3, 0.4) is 0 Å². The second kappa shape index (κ2) is 4.58. The van der Waals surface area contributed by atoms with Crippen LogP contribution in [0.2, 0.25) is 0 Å². The Kier molecular flexibility index (Phi) is 3.32. The van der Waals surface area contributed by atoms with E-state index in [-0.39, 0.29) is 5.78 Å². The van der Waals surface area contributed by atoms with Gasteiger partial charge in [0.15, 0.2) is 5.78 Å². The van der Waals surface area contributed by atoms with E-state index in [2.05, 4.69) is 20.8 Å². The lowest BCUT2D eigenvalue weighted by molar-refractivity contribution is -0.113. The van der Waals surface area contributed by atoms with Gasteiger partial charge in [-0.25, -0.2) is 0 Å². The Morgan fingerprint density at radius 2 is 1.35 bits per heavy atom. The van der Waals surface area contributed by atoms with E-state index in [9.17, 15) is 9.59 Å². The van der Waals surface area contributed by atoms with E-state index in [4.69, 9.17) is 0 Å². The molecule has 0 N–H and O–H groups in total. The Hall–Kier alpha value is -1.90. The van der Waals surface area contributed by atoms with Crippen LogP contribution in [-0.4, -0.2) is 16.1 Å². The van der Waals surface area contributed by atoms with Crippen molar-refractivity contribution in [3.8, 4) is 0 Å². The van der Waals surface area contributed by atoms with Crippen LogP contribution in [0.1, 0.15) is 45.2 Å². The largest absolute Gasteiger partial charge is 0.347 e. The molecule has 0 radical (unpaired) electrons. The predicted molar refractivity (Wildman–Crippen MR) is 81.6 cm³/mol. The van der Waals surface area contributed by atoms with E-state index in [1.165, 1.54) is 23.6 Å². The molecule has 0 aliphatic carbocycles. The summed E-state index contributed by atoms with van der Waals surface area (Å²) in [6, 6.07) is 0. The minimum Gasteiger partial charge on any atom is -0.347 e. The maximum atomic E-state index is 12.3. The van der Waals surface area contributed by atoms with Crippen LogP contribution >= 0.6 is 0 Å². The zero-order valence-corrected chi connectivity index (χ0v) is 13.3. The highest BCUT2D eigenvalue weighted by atomic mass is 16.2. The van der Waals surface area contributed by atoms with Gasteiger partial charge in [0.1, 0.15) is 0 Å². The van der Waals surface area contributed by atoms with Crippen LogP contribution in [0, 0.1) is 34.6 Å². The highest BCUT2D eigenvalue weighted by Gasteiger charge is 2.25. The average molecular weight is 271 g/mol. The molecule has 106 valence electrons. The molecule has 3 nitrogen and oxygen atoms in total. The summed E-state index contributed by atoms with van der Waals surface area (Å²) in [6.45, 7) is 11.5. The first kappa shape index (κ1) is 14.5. The van der Waals surface area contributed by atoms with Crippen molar-refractivity contribution in [2.24, 2.45) is 7.05 Å². The van der Waals surface area contributed by atoms with Crippen LogP contribution in [0.5, 0.6) is 0 Å². The summed E-state index contributed by atoms with van der Waals surface area (Å²) in [4.78, 5) is 23.8. The molecule has 1 heterocycles. The highest BCUT2D eigenvalue weighted by molar-refractivity contribution is 6.45. The molecule has 3 heteroatoms. The van der Waals surface area contributed by atoms with Crippen LogP contribution in [0.25, 0.3) is 10.9 Å². The maximum absolute atomic E-state index is 12.3. The lowest BCUT2D eigenvalue weighted by Gasteiger charge is -2.13. The SMILES string of the molecule is CC(=O)C(=O)c1c(C)n(C)c2c(C)c(C)c(C)c(C)c12. The number of Topliss-reactive ketones (excluding diaryl/α,β-unsaturated/α-hetero) is 2. The molecule has 0 aliphatic rings. The number of ketones is 2. The molecule has 0 saturated carbocycles. The number of fused-ring (bicyclic) bond motifs is 1. The number of hydrogen-bond donors (Lipinski definition) is 0. The van der Waals surface area contributed by atoms with Crippen molar-refractivity contribution in [2.45, 2.75) is 41.5 Å². The molecule has 2 rings (SSSR count). The number of carbonyl (C=O) groups is 2. The number of hydrogen-bond acceptors (Lipinski definition) is 2. The normalized spacial score (nSPS) is 11.2. The average Bonchev–Trinajstić information content (AvgIpc) is 2.66. The van der Waals surface area contributed by atoms with Gasteiger partial charge in [0, 0.05) is 25.1 Å². The Balaban J connectivity index is 3.09. The van der Waals surface area contributed by atoms with Gasteiger partial charge in [-0.2, -0.15) is 0 Å². The van der Waals surface area contributed by atoms with Crippen LogP contribution in [-0.2, 0) is 11.8 Å². The van der Waals surface area contributed by atoms with Gasteiger partial charge in [0.25, 0.3) is 0 Å². The number of rotatable bonds is 2. The van der Waals surface area contributed by atoms with Gasteiger partial charge >= 0.3 is 0 Å². The van der Waals surface area contributed by atoms with E-state index in [1.54, 1.807) is 0 Å². The van der Waals surface area contributed by atoms with Gasteiger partial charge in [-0.15, -0.1) is 0 Å². The Bertz CT molecular complexity index is 764.